The van der Waals surface area contributed by atoms with E-state index in [1.807, 2.05) is 24.3 Å². The molecule has 0 heterocycles. The zero-order valence-corrected chi connectivity index (χ0v) is 11.2. The summed E-state index contributed by atoms with van der Waals surface area (Å²) >= 11 is 3.43. The molecule has 0 aromatic heterocycles. The average Bonchev–Trinajstić information content (AvgIpc) is 2.25. The van der Waals surface area contributed by atoms with Crippen LogP contribution in [-0.2, 0) is 0 Å². The van der Waals surface area contributed by atoms with Crippen molar-refractivity contribution in [3.63, 3.8) is 0 Å². The molecular formula is C13H16BrNO. The molecule has 1 aromatic rings. The molecule has 0 aliphatic carbocycles. The number of rotatable bonds is 5. The molecule has 0 saturated heterocycles. The highest BCUT2D eigenvalue weighted by atomic mass is 79.9. The van der Waals surface area contributed by atoms with Gasteiger partial charge in [-0.05, 0) is 32.0 Å². The normalized spacial score (nSPS) is 10.2. The Labute approximate surface area is 105 Å². The lowest BCUT2D eigenvalue weighted by molar-refractivity contribution is 0.112. The van der Waals surface area contributed by atoms with E-state index in [2.05, 4.69) is 41.3 Å². The Morgan fingerprint density at radius 3 is 2.69 bits per heavy atom. The van der Waals surface area contributed by atoms with Crippen molar-refractivity contribution in [2.75, 3.05) is 11.4 Å². The monoisotopic (exact) mass is 281 g/mol. The number of carbonyl (C=O) groups excluding carboxylic acids is 1. The number of hydrogen-bond acceptors (Lipinski definition) is 2. The number of benzene rings is 1. The second-order valence-electron chi connectivity index (χ2n) is 3.86. The molecule has 0 unspecified atom stereocenters. The Morgan fingerprint density at radius 1 is 1.50 bits per heavy atom. The van der Waals surface area contributed by atoms with Gasteiger partial charge in [0.05, 0.1) is 0 Å². The van der Waals surface area contributed by atoms with Crippen molar-refractivity contribution in [1.82, 2.24) is 0 Å². The van der Waals surface area contributed by atoms with Gasteiger partial charge < -0.3 is 4.90 Å². The van der Waals surface area contributed by atoms with Gasteiger partial charge in [-0.15, -0.1) is 6.58 Å². The Bertz CT molecular complexity index is 388. The first-order valence-electron chi connectivity index (χ1n) is 5.22. The summed E-state index contributed by atoms with van der Waals surface area (Å²) < 4.78 is 0.975. The second-order valence-corrected chi connectivity index (χ2v) is 4.77. The molecule has 0 atom stereocenters. The van der Waals surface area contributed by atoms with Gasteiger partial charge in [-0.3, -0.25) is 4.79 Å². The summed E-state index contributed by atoms with van der Waals surface area (Å²) in [7, 11) is 0. The SMILES string of the molecule is C=CCN(c1cc(Br)ccc1C=O)C(C)C. The second kappa shape index (κ2) is 5.85. The lowest BCUT2D eigenvalue weighted by Crippen LogP contribution is -2.31. The predicted octanol–water partition coefficient (Wildman–Crippen LogP) is 3.66. The van der Waals surface area contributed by atoms with E-state index in [1.165, 1.54) is 0 Å². The van der Waals surface area contributed by atoms with Gasteiger partial charge in [-0.1, -0.05) is 22.0 Å². The number of aldehydes is 1. The number of nitrogens with zero attached hydrogens (tertiary/aromatic N) is 1. The van der Waals surface area contributed by atoms with Crippen LogP contribution in [0.2, 0.25) is 0 Å². The Balaban J connectivity index is 3.20. The highest BCUT2D eigenvalue weighted by Crippen LogP contribution is 2.25. The van der Waals surface area contributed by atoms with Crippen LogP contribution in [0.4, 0.5) is 5.69 Å². The largest absolute Gasteiger partial charge is 0.365 e. The van der Waals surface area contributed by atoms with Crippen LogP contribution in [0.15, 0.2) is 35.3 Å². The Hall–Kier alpha value is -1.09. The minimum Gasteiger partial charge on any atom is -0.365 e. The number of halogens is 1. The van der Waals surface area contributed by atoms with E-state index >= 15 is 0 Å². The summed E-state index contributed by atoms with van der Waals surface area (Å²) in [6, 6.07) is 5.99. The zero-order valence-electron chi connectivity index (χ0n) is 9.61. The van der Waals surface area contributed by atoms with E-state index in [1.54, 1.807) is 0 Å². The molecule has 0 N–H and O–H groups in total. The third kappa shape index (κ3) is 2.95. The summed E-state index contributed by atoms with van der Waals surface area (Å²) in [4.78, 5) is 13.1. The van der Waals surface area contributed by atoms with Crippen molar-refractivity contribution in [2.24, 2.45) is 0 Å². The first kappa shape index (κ1) is 13.0. The molecule has 86 valence electrons. The van der Waals surface area contributed by atoms with Crippen LogP contribution in [0, 0.1) is 0 Å². The fourth-order valence-corrected chi connectivity index (χ4v) is 1.94. The van der Waals surface area contributed by atoms with Crippen molar-refractivity contribution in [1.29, 1.82) is 0 Å². The quantitative estimate of drug-likeness (QED) is 0.606. The van der Waals surface area contributed by atoms with Gasteiger partial charge in [0.15, 0.2) is 6.29 Å². The number of carbonyl (C=O) groups is 1. The lowest BCUT2D eigenvalue weighted by Gasteiger charge is -2.29. The molecule has 0 spiro atoms. The molecule has 0 radical (unpaired) electrons. The highest BCUT2D eigenvalue weighted by molar-refractivity contribution is 9.10. The smallest absolute Gasteiger partial charge is 0.152 e. The van der Waals surface area contributed by atoms with Crippen LogP contribution >= 0.6 is 15.9 Å². The van der Waals surface area contributed by atoms with Crippen LogP contribution in [0.3, 0.4) is 0 Å². The van der Waals surface area contributed by atoms with E-state index in [0.717, 1.165) is 23.0 Å². The molecule has 3 heteroatoms. The van der Waals surface area contributed by atoms with Gasteiger partial charge in [0.25, 0.3) is 0 Å². The third-order valence-electron chi connectivity index (χ3n) is 2.38. The van der Waals surface area contributed by atoms with Crippen molar-refractivity contribution in [2.45, 2.75) is 19.9 Å². The molecule has 2 nitrogen and oxygen atoms in total. The lowest BCUT2D eigenvalue weighted by atomic mass is 10.1. The van der Waals surface area contributed by atoms with Gasteiger partial charge in [-0.25, -0.2) is 0 Å². The van der Waals surface area contributed by atoms with E-state index in [9.17, 15) is 4.79 Å². The molecule has 16 heavy (non-hydrogen) atoms. The molecule has 0 amide bonds. The Kier molecular flexibility index (Phi) is 4.74. The van der Waals surface area contributed by atoms with Crippen molar-refractivity contribution in [3.8, 4) is 0 Å². The van der Waals surface area contributed by atoms with E-state index < -0.39 is 0 Å². The van der Waals surface area contributed by atoms with Gasteiger partial charge in [0.2, 0.25) is 0 Å². The van der Waals surface area contributed by atoms with Gasteiger partial charge in [-0.2, -0.15) is 0 Å². The van der Waals surface area contributed by atoms with Crippen molar-refractivity contribution in [3.05, 3.63) is 40.9 Å². The fourth-order valence-electron chi connectivity index (χ4n) is 1.59. The molecule has 1 aromatic carbocycles. The first-order chi connectivity index (χ1) is 7.60. The van der Waals surface area contributed by atoms with Crippen LogP contribution in [0.25, 0.3) is 0 Å². The summed E-state index contributed by atoms with van der Waals surface area (Å²) in [5, 5.41) is 0. The van der Waals surface area contributed by atoms with E-state index in [4.69, 9.17) is 0 Å². The molecule has 0 aliphatic heterocycles. The number of anilines is 1. The van der Waals surface area contributed by atoms with Gasteiger partial charge in [0.1, 0.15) is 0 Å². The van der Waals surface area contributed by atoms with Crippen LogP contribution in [-0.4, -0.2) is 18.9 Å². The van der Waals surface area contributed by atoms with Crippen molar-refractivity contribution < 1.29 is 4.79 Å². The summed E-state index contributed by atoms with van der Waals surface area (Å²) in [5.41, 5.74) is 1.65. The average molecular weight is 282 g/mol. The minimum atomic E-state index is 0.325. The molecule has 0 fully saturated rings. The maximum atomic E-state index is 11.0. The maximum absolute atomic E-state index is 11.0. The summed E-state index contributed by atoms with van der Waals surface area (Å²) in [6.07, 6.45) is 2.73. The third-order valence-corrected chi connectivity index (χ3v) is 2.87. The molecule has 1 rings (SSSR count). The van der Waals surface area contributed by atoms with E-state index in [-0.39, 0.29) is 0 Å². The Morgan fingerprint density at radius 2 is 2.19 bits per heavy atom. The van der Waals surface area contributed by atoms with Gasteiger partial charge in [0, 0.05) is 28.3 Å². The molecule has 0 aliphatic rings. The topological polar surface area (TPSA) is 20.3 Å². The first-order valence-corrected chi connectivity index (χ1v) is 6.01. The summed E-state index contributed by atoms with van der Waals surface area (Å²) in [6.45, 7) is 8.67. The standard InChI is InChI=1S/C13H16BrNO/c1-4-7-15(10(2)3)13-8-12(14)6-5-11(13)9-16/h4-6,8-10H,1,7H2,2-3H3. The van der Waals surface area contributed by atoms with E-state index in [0.29, 0.717) is 11.6 Å². The van der Waals surface area contributed by atoms with Gasteiger partial charge >= 0.3 is 0 Å². The molecular weight excluding hydrogens is 266 g/mol. The van der Waals surface area contributed by atoms with Crippen LogP contribution in [0.1, 0.15) is 24.2 Å². The summed E-state index contributed by atoms with van der Waals surface area (Å²) in [5.74, 6) is 0. The predicted molar refractivity (Wildman–Crippen MR) is 72.2 cm³/mol. The van der Waals surface area contributed by atoms with Crippen molar-refractivity contribution >= 4 is 27.9 Å². The maximum Gasteiger partial charge on any atom is 0.152 e. The highest BCUT2D eigenvalue weighted by Gasteiger charge is 2.13. The number of hydrogen-bond donors (Lipinski definition) is 0. The molecule has 0 saturated carbocycles. The zero-order chi connectivity index (χ0) is 12.1. The minimum absolute atomic E-state index is 0.325. The molecule has 0 bridgehead atoms. The fraction of sp³-hybridized carbons (Fsp3) is 0.308. The van der Waals surface area contributed by atoms with Crippen LogP contribution in [0.5, 0.6) is 0 Å². The van der Waals surface area contributed by atoms with Crippen LogP contribution < -0.4 is 4.90 Å².